The molecule has 1 aliphatic rings. The van der Waals surface area contributed by atoms with Gasteiger partial charge in [0.15, 0.2) is 0 Å². The Morgan fingerprint density at radius 2 is 1.78 bits per heavy atom. The van der Waals surface area contributed by atoms with E-state index in [1.165, 1.54) is 5.56 Å². The monoisotopic (exact) mass is 365 g/mol. The van der Waals surface area contributed by atoms with E-state index >= 15 is 0 Å². The topological polar surface area (TPSA) is 78.5 Å². The van der Waals surface area contributed by atoms with Crippen LogP contribution in [-0.4, -0.2) is 42.8 Å². The van der Waals surface area contributed by atoms with E-state index in [1.54, 1.807) is 36.2 Å². The van der Waals surface area contributed by atoms with Crippen LogP contribution in [0.4, 0.5) is 5.69 Å². The molecule has 140 valence electrons. The van der Waals surface area contributed by atoms with Crippen LogP contribution in [0, 0.1) is 5.92 Å². The first kappa shape index (κ1) is 18.6. The normalized spacial score (nSPS) is 16.3. The highest BCUT2D eigenvalue weighted by molar-refractivity contribution is 5.98. The molecule has 0 bridgehead atoms. The first-order valence-electron chi connectivity index (χ1n) is 9.01. The van der Waals surface area contributed by atoms with Gasteiger partial charge in [0.05, 0.1) is 5.92 Å². The fourth-order valence-electron chi connectivity index (χ4n) is 3.17. The van der Waals surface area contributed by atoms with Gasteiger partial charge in [0, 0.05) is 37.8 Å². The number of rotatable bonds is 6. The van der Waals surface area contributed by atoms with Crippen molar-refractivity contribution in [3.05, 3.63) is 65.7 Å². The molecule has 27 heavy (non-hydrogen) atoms. The fourth-order valence-corrected chi connectivity index (χ4v) is 3.17. The minimum atomic E-state index is -0.355. The van der Waals surface area contributed by atoms with Crippen molar-refractivity contribution in [2.75, 3.05) is 25.5 Å². The number of benzene rings is 2. The van der Waals surface area contributed by atoms with Crippen molar-refractivity contribution < 1.29 is 14.4 Å². The molecule has 2 aromatic carbocycles. The maximum Gasteiger partial charge on any atom is 0.251 e. The number of hydrogen-bond acceptors (Lipinski definition) is 3. The van der Waals surface area contributed by atoms with Crippen LogP contribution in [0.25, 0.3) is 0 Å². The van der Waals surface area contributed by atoms with Gasteiger partial charge in [-0.15, -0.1) is 0 Å². The highest BCUT2D eigenvalue weighted by atomic mass is 16.2. The van der Waals surface area contributed by atoms with Gasteiger partial charge in [0.2, 0.25) is 11.8 Å². The third-order valence-corrected chi connectivity index (χ3v) is 4.74. The molecule has 1 aliphatic heterocycles. The molecule has 0 aromatic heterocycles. The SMILES string of the molecule is CNC(=O)c1ccc(NC(=O)[C@@H]2CC(=O)N(CCc3ccccc3)C2)cc1. The standard InChI is InChI=1S/C21H23N3O3/c1-22-20(26)16-7-9-18(10-8-16)23-21(27)17-13-19(25)24(14-17)12-11-15-5-3-2-4-6-15/h2-10,17H,11-14H2,1H3,(H,22,26)(H,23,27)/t17-/m1/s1. The van der Waals surface area contributed by atoms with E-state index in [2.05, 4.69) is 10.6 Å². The number of nitrogens with zero attached hydrogens (tertiary/aromatic N) is 1. The smallest absolute Gasteiger partial charge is 0.251 e. The second-order valence-electron chi connectivity index (χ2n) is 6.62. The maximum absolute atomic E-state index is 12.5. The second-order valence-corrected chi connectivity index (χ2v) is 6.62. The number of hydrogen-bond donors (Lipinski definition) is 2. The summed E-state index contributed by atoms with van der Waals surface area (Å²) in [5.41, 5.74) is 2.32. The van der Waals surface area contributed by atoms with Crippen LogP contribution in [0.2, 0.25) is 0 Å². The maximum atomic E-state index is 12.5. The lowest BCUT2D eigenvalue weighted by Crippen LogP contribution is -2.30. The second kappa shape index (κ2) is 8.49. The molecule has 2 N–H and O–H groups in total. The van der Waals surface area contributed by atoms with Crippen LogP contribution < -0.4 is 10.6 Å². The van der Waals surface area contributed by atoms with Crippen LogP contribution in [0.5, 0.6) is 0 Å². The van der Waals surface area contributed by atoms with Crippen molar-refractivity contribution in [1.29, 1.82) is 0 Å². The summed E-state index contributed by atoms with van der Waals surface area (Å²) in [7, 11) is 1.57. The zero-order valence-electron chi connectivity index (χ0n) is 15.3. The summed E-state index contributed by atoms with van der Waals surface area (Å²) in [5.74, 6) is -0.686. The largest absolute Gasteiger partial charge is 0.355 e. The van der Waals surface area contributed by atoms with E-state index < -0.39 is 0 Å². The van der Waals surface area contributed by atoms with E-state index in [1.807, 2.05) is 30.3 Å². The highest BCUT2D eigenvalue weighted by Gasteiger charge is 2.34. The Labute approximate surface area is 158 Å². The lowest BCUT2D eigenvalue weighted by atomic mass is 10.1. The Balaban J connectivity index is 1.53. The lowest BCUT2D eigenvalue weighted by Gasteiger charge is -2.16. The quantitative estimate of drug-likeness (QED) is 0.823. The predicted molar refractivity (Wildman–Crippen MR) is 103 cm³/mol. The van der Waals surface area contributed by atoms with Gasteiger partial charge in [-0.3, -0.25) is 14.4 Å². The summed E-state index contributed by atoms with van der Waals surface area (Å²) in [6, 6.07) is 16.7. The highest BCUT2D eigenvalue weighted by Crippen LogP contribution is 2.20. The molecule has 3 amide bonds. The van der Waals surface area contributed by atoms with Crippen LogP contribution >= 0.6 is 0 Å². The first-order chi connectivity index (χ1) is 13.1. The minimum absolute atomic E-state index is 0.0149. The number of nitrogens with one attached hydrogen (secondary N) is 2. The van der Waals surface area contributed by atoms with Gasteiger partial charge >= 0.3 is 0 Å². The molecule has 0 radical (unpaired) electrons. The zero-order chi connectivity index (χ0) is 19.2. The fraction of sp³-hybridized carbons (Fsp3) is 0.286. The first-order valence-corrected chi connectivity index (χ1v) is 9.01. The van der Waals surface area contributed by atoms with Crippen molar-refractivity contribution in [2.24, 2.45) is 5.92 Å². The summed E-state index contributed by atoms with van der Waals surface area (Å²) in [6.45, 7) is 1.06. The molecule has 0 unspecified atom stereocenters. The Hall–Kier alpha value is -3.15. The summed E-state index contributed by atoms with van der Waals surface area (Å²) < 4.78 is 0. The van der Waals surface area contributed by atoms with Gasteiger partial charge in [-0.05, 0) is 36.2 Å². The van der Waals surface area contributed by atoms with Gasteiger partial charge in [-0.1, -0.05) is 30.3 Å². The molecule has 0 spiro atoms. The Morgan fingerprint density at radius 1 is 1.07 bits per heavy atom. The molecule has 6 heteroatoms. The molecule has 3 rings (SSSR count). The van der Waals surface area contributed by atoms with Crippen LogP contribution in [-0.2, 0) is 16.0 Å². The van der Waals surface area contributed by atoms with E-state index in [-0.39, 0.29) is 30.1 Å². The minimum Gasteiger partial charge on any atom is -0.355 e. The van der Waals surface area contributed by atoms with Gasteiger partial charge in [0.1, 0.15) is 0 Å². The van der Waals surface area contributed by atoms with Crippen LogP contribution in [0.15, 0.2) is 54.6 Å². The average Bonchev–Trinajstić information content (AvgIpc) is 3.08. The van der Waals surface area contributed by atoms with E-state index in [9.17, 15) is 14.4 Å². The van der Waals surface area contributed by atoms with Crippen molar-refractivity contribution in [2.45, 2.75) is 12.8 Å². The molecule has 1 atom stereocenters. The zero-order valence-corrected chi connectivity index (χ0v) is 15.3. The van der Waals surface area contributed by atoms with E-state index in [0.29, 0.717) is 24.3 Å². The Kier molecular flexibility index (Phi) is 5.86. The van der Waals surface area contributed by atoms with Gasteiger partial charge in [0.25, 0.3) is 5.91 Å². The molecule has 2 aromatic rings. The van der Waals surface area contributed by atoms with Gasteiger partial charge < -0.3 is 15.5 Å². The van der Waals surface area contributed by atoms with Crippen LogP contribution in [0.1, 0.15) is 22.3 Å². The molecule has 1 fully saturated rings. The average molecular weight is 365 g/mol. The molecule has 1 heterocycles. The molecule has 0 aliphatic carbocycles. The summed E-state index contributed by atoms with van der Waals surface area (Å²) in [4.78, 5) is 38.0. The number of amides is 3. The van der Waals surface area contributed by atoms with Gasteiger partial charge in [-0.2, -0.15) is 0 Å². The lowest BCUT2D eigenvalue weighted by molar-refractivity contribution is -0.128. The van der Waals surface area contributed by atoms with Crippen molar-refractivity contribution >= 4 is 23.4 Å². The molecule has 6 nitrogen and oxygen atoms in total. The molecular formula is C21H23N3O3. The Morgan fingerprint density at radius 3 is 2.44 bits per heavy atom. The van der Waals surface area contributed by atoms with E-state index in [4.69, 9.17) is 0 Å². The summed E-state index contributed by atoms with van der Waals surface area (Å²) in [5, 5.41) is 5.38. The van der Waals surface area contributed by atoms with Crippen LogP contribution in [0.3, 0.4) is 0 Å². The third-order valence-electron chi connectivity index (χ3n) is 4.74. The van der Waals surface area contributed by atoms with Gasteiger partial charge in [-0.25, -0.2) is 0 Å². The van der Waals surface area contributed by atoms with Crippen molar-refractivity contribution in [3.63, 3.8) is 0 Å². The number of carbonyl (C=O) groups excluding carboxylic acids is 3. The number of likely N-dealkylation sites (tertiary alicyclic amines) is 1. The molecule has 1 saturated heterocycles. The molecule has 0 saturated carbocycles. The number of anilines is 1. The summed E-state index contributed by atoms with van der Waals surface area (Å²) in [6.07, 6.45) is 1.01. The number of carbonyl (C=O) groups is 3. The van der Waals surface area contributed by atoms with Crippen molar-refractivity contribution in [3.8, 4) is 0 Å². The summed E-state index contributed by atoms with van der Waals surface area (Å²) >= 11 is 0. The predicted octanol–water partition coefficient (Wildman–Crippen LogP) is 2.08. The van der Waals surface area contributed by atoms with Crippen molar-refractivity contribution in [1.82, 2.24) is 10.2 Å². The Bertz CT molecular complexity index is 818. The van der Waals surface area contributed by atoms with E-state index in [0.717, 1.165) is 6.42 Å². The third kappa shape index (κ3) is 4.73. The molecular weight excluding hydrogens is 342 g/mol.